The highest BCUT2D eigenvalue weighted by Crippen LogP contribution is 2.27. The summed E-state index contributed by atoms with van der Waals surface area (Å²) in [6.45, 7) is 0. The predicted octanol–water partition coefficient (Wildman–Crippen LogP) is 4.16. The van der Waals surface area contributed by atoms with Crippen LogP contribution in [0.1, 0.15) is 5.56 Å². The number of aromatic nitrogens is 3. The summed E-state index contributed by atoms with van der Waals surface area (Å²) in [6, 6.07) is 17.6. The summed E-state index contributed by atoms with van der Waals surface area (Å²) < 4.78 is 7.37. The SMILES string of the molecule is COc1ccccc1-c1n[nH]c(=S)n1N=CC=Cc1ccccc1. The minimum atomic E-state index is 0.417. The Balaban J connectivity index is 1.90. The number of benzene rings is 2. The van der Waals surface area contributed by atoms with Crippen LogP contribution in [-0.4, -0.2) is 28.2 Å². The van der Waals surface area contributed by atoms with Crippen molar-refractivity contribution in [3.8, 4) is 17.1 Å². The van der Waals surface area contributed by atoms with Gasteiger partial charge in [-0.2, -0.15) is 14.9 Å². The average molecular weight is 336 g/mol. The van der Waals surface area contributed by atoms with Crippen LogP contribution < -0.4 is 4.74 Å². The quantitative estimate of drug-likeness (QED) is 0.562. The third-order valence-electron chi connectivity index (χ3n) is 3.35. The number of nitrogens with zero attached hydrogens (tertiary/aromatic N) is 3. The molecular formula is C18H16N4OS. The van der Waals surface area contributed by atoms with Crippen LogP contribution in [0.4, 0.5) is 0 Å². The zero-order chi connectivity index (χ0) is 16.8. The van der Waals surface area contributed by atoms with Crippen molar-refractivity contribution >= 4 is 24.5 Å². The first-order chi connectivity index (χ1) is 11.8. The van der Waals surface area contributed by atoms with E-state index in [1.54, 1.807) is 18.0 Å². The molecule has 0 saturated heterocycles. The molecule has 0 atom stereocenters. The van der Waals surface area contributed by atoms with Gasteiger partial charge in [0.1, 0.15) is 5.75 Å². The molecule has 2 aromatic carbocycles. The van der Waals surface area contributed by atoms with E-state index in [9.17, 15) is 0 Å². The lowest BCUT2D eigenvalue weighted by molar-refractivity contribution is 0.416. The van der Waals surface area contributed by atoms with Crippen molar-refractivity contribution in [1.82, 2.24) is 14.9 Å². The van der Waals surface area contributed by atoms with Crippen LogP contribution in [0.5, 0.6) is 5.75 Å². The summed E-state index contributed by atoms with van der Waals surface area (Å²) in [5.41, 5.74) is 1.92. The number of methoxy groups -OCH3 is 1. The second-order valence-electron chi connectivity index (χ2n) is 4.90. The smallest absolute Gasteiger partial charge is 0.216 e. The zero-order valence-corrected chi connectivity index (χ0v) is 13.9. The van der Waals surface area contributed by atoms with Crippen LogP contribution >= 0.6 is 12.2 Å². The Morgan fingerprint density at radius 1 is 1.12 bits per heavy atom. The normalized spacial score (nSPS) is 11.4. The summed E-state index contributed by atoms with van der Waals surface area (Å²) in [4.78, 5) is 0. The fourth-order valence-corrected chi connectivity index (χ4v) is 2.41. The molecule has 1 heterocycles. The lowest BCUT2D eigenvalue weighted by Gasteiger charge is -2.06. The molecule has 0 aliphatic heterocycles. The maximum absolute atomic E-state index is 5.38. The van der Waals surface area contributed by atoms with Gasteiger partial charge in [0.25, 0.3) is 0 Å². The number of ether oxygens (including phenoxy) is 1. The molecule has 0 aliphatic rings. The van der Waals surface area contributed by atoms with Crippen molar-refractivity contribution < 1.29 is 4.74 Å². The molecule has 3 rings (SSSR count). The highest BCUT2D eigenvalue weighted by Gasteiger charge is 2.12. The van der Waals surface area contributed by atoms with Gasteiger partial charge in [0, 0.05) is 6.21 Å². The van der Waals surface area contributed by atoms with E-state index in [4.69, 9.17) is 17.0 Å². The lowest BCUT2D eigenvalue weighted by Crippen LogP contribution is -1.96. The minimum Gasteiger partial charge on any atom is -0.496 e. The summed E-state index contributed by atoms with van der Waals surface area (Å²) in [5, 5.41) is 11.4. The van der Waals surface area contributed by atoms with Crippen LogP contribution in [0.15, 0.2) is 65.8 Å². The molecule has 120 valence electrons. The number of hydrogen-bond donors (Lipinski definition) is 1. The highest BCUT2D eigenvalue weighted by atomic mass is 32.1. The van der Waals surface area contributed by atoms with Gasteiger partial charge in [-0.25, -0.2) is 5.10 Å². The van der Waals surface area contributed by atoms with E-state index < -0.39 is 0 Å². The van der Waals surface area contributed by atoms with E-state index >= 15 is 0 Å². The third-order valence-corrected chi connectivity index (χ3v) is 3.62. The van der Waals surface area contributed by atoms with E-state index in [0.29, 0.717) is 16.3 Å². The van der Waals surface area contributed by atoms with Gasteiger partial charge < -0.3 is 4.74 Å². The first-order valence-corrected chi connectivity index (χ1v) is 7.77. The molecule has 1 aromatic heterocycles. The fraction of sp³-hybridized carbons (Fsp3) is 0.0556. The zero-order valence-electron chi connectivity index (χ0n) is 13.1. The van der Waals surface area contributed by atoms with E-state index in [1.807, 2.05) is 66.7 Å². The molecule has 5 nitrogen and oxygen atoms in total. The average Bonchev–Trinajstić information content (AvgIpc) is 3.00. The van der Waals surface area contributed by atoms with Gasteiger partial charge in [-0.05, 0) is 36.0 Å². The molecule has 0 aliphatic carbocycles. The third kappa shape index (κ3) is 3.49. The van der Waals surface area contributed by atoms with E-state index in [1.165, 1.54) is 0 Å². The fourth-order valence-electron chi connectivity index (χ4n) is 2.23. The maximum Gasteiger partial charge on any atom is 0.216 e. The predicted molar refractivity (Wildman–Crippen MR) is 98.8 cm³/mol. The molecule has 1 N–H and O–H groups in total. The molecular weight excluding hydrogens is 320 g/mol. The van der Waals surface area contributed by atoms with Gasteiger partial charge in [0.2, 0.25) is 4.77 Å². The van der Waals surface area contributed by atoms with Gasteiger partial charge in [-0.3, -0.25) is 0 Å². The van der Waals surface area contributed by atoms with E-state index in [-0.39, 0.29) is 0 Å². The number of rotatable bonds is 5. The van der Waals surface area contributed by atoms with Crippen LogP contribution in [0.2, 0.25) is 0 Å². The van der Waals surface area contributed by atoms with Gasteiger partial charge in [-0.15, -0.1) is 0 Å². The van der Waals surface area contributed by atoms with Crippen molar-refractivity contribution in [1.29, 1.82) is 0 Å². The molecule has 0 saturated carbocycles. The van der Waals surface area contributed by atoms with Crippen LogP contribution in [0, 0.1) is 4.77 Å². The van der Waals surface area contributed by atoms with Gasteiger partial charge in [-0.1, -0.05) is 48.5 Å². The Bertz CT molecular complexity index is 925. The van der Waals surface area contributed by atoms with Crippen LogP contribution in [0.3, 0.4) is 0 Å². The molecule has 6 heteroatoms. The molecule has 0 amide bonds. The van der Waals surface area contributed by atoms with Gasteiger partial charge in [0.15, 0.2) is 5.82 Å². The Morgan fingerprint density at radius 3 is 2.67 bits per heavy atom. The minimum absolute atomic E-state index is 0.417. The lowest BCUT2D eigenvalue weighted by atomic mass is 10.2. The molecule has 3 aromatic rings. The highest BCUT2D eigenvalue weighted by molar-refractivity contribution is 7.71. The largest absolute Gasteiger partial charge is 0.496 e. The second-order valence-corrected chi connectivity index (χ2v) is 5.29. The summed E-state index contributed by atoms with van der Waals surface area (Å²) >= 11 is 5.26. The van der Waals surface area contributed by atoms with E-state index in [0.717, 1.165) is 11.1 Å². The Labute approximate surface area is 144 Å². The first-order valence-electron chi connectivity index (χ1n) is 7.36. The molecule has 0 bridgehead atoms. The number of H-pyrrole nitrogens is 1. The summed E-state index contributed by atoms with van der Waals surface area (Å²) in [6.07, 6.45) is 5.50. The number of allylic oxidation sites excluding steroid dienone is 1. The van der Waals surface area contributed by atoms with Crippen LogP contribution in [-0.2, 0) is 0 Å². The van der Waals surface area contributed by atoms with Crippen molar-refractivity contribution in [3.63, 3.8) is 0 Å². The number of hydrogen-bond acceptors (Lipinski definition) is 4. The van der Waals surface area contributed by atoms with Crippen LogP contribution in [0.25, 0.3) is 17.5 Å². The Kier molecular flexibility index (Phi) is 4.98. The topological polar surface area (TPSA) is 55.2 Å². The number of aromatic amines is 1. The number of nitrogens with one attached hydrogen (secondary N) is 1. The molecule has 0 fully saturated rings. The standard InChI is InChI=1S/C18H16N4OS/c1-23-16-12-6-5-11-15(16)17-20-21-18(24)22(17)19-13-7-10-14-8-3-2-4-9-14/h2-13H,1H3,(H,21,24). The Morgan fingerprint density at radius 2 is 1.88 bits per heavy atom. The Hall–Kier alpha value is -2.99. The van der Waals surface area contributed by atoms with Crippen molar-refractivity contribution in [3.05, 3.63) is 71.0 Å². The summed E-state index contributed by atoms with van der Waals surface area (Å²) in [7, 11) is 1.62. The molecule has 0 unspecified atom stereocenters. The van der Waals surface area contributed by atoms with Crippen molar-refractivity contribution in [2.24, 2.45) is 5.10 Å². The summed E-state index contributed by atoms with van der Waals surface area (Å²) in [5.74, 6) is 1.31. The maximum atomic E-state index is 5.38. The monoisotopic (exact) mass is 336 g/mol. The van der Waals surface area contributed by atoms with Gasteiger partial charge >= 0.3 is 0 Å². The van der Waals surface area contributed by atoms with Crippen molar-refractivity contribution in [2.75, 3.05) is 7.11 Å². The van der Waals surface area contributed by atoms with E-state index in [2.05, 4.69) is 15.3 Å². The van der Waals surface area contributed by atoms with Gasteiger partial charge in [0.05, 0.1) is 12.7 Å². The number of para-hydroxylation sites is 1. The second kappa shape index (κ2) is 7.52. The van der Waals surface area contributed by atoms with Crippen molar-refractivity contribution in [2.45, 2.75) is 0 Å². The molecule has 0 radical (unpaired) electrons. The molecule has 0 spiro atoms. The molecule has 24 heavy (non-hydrogen) atoms. The first kappa shape index (κ1) is 15.9.